The highest BCUT2D eigenvalue weighted by molar-refractivity contribution is 5.82. The van der Waals surface area contributed by atoms with Crippen LogP contribution in [0.5, 0.6) is 0 Å². The molecule has 3 heterocycles. The summed E-state index contributed by atoms with van der Waals surface area (Å²) in [4.78, 5) is 19.2. The lowest BCUT2D eigenvalue weighted by molar-refractivity contribution is -0.384. The summed E-state index contributed by atoms with van der Waals surface area (Å²) in [5.74, 6) is 1.13. The highest BCUT2D eigenvalue weighted by atomic mass is 16.6. The van der Waals surface area contributed by atoms with Crippen molar-refractivity contribution in [2.75, 3.05) is 5.32 Å². The summed E-state index contributed by atoms with van der Waals surface area (Å²) in [6.45, 7) is 1.01. The molecule has 1 aromatic carbocycles. The van der Waals surface area contributed by atoms with Gasteiger partial charge in [0.05, 0.1) is 16.0 Å². The normalized spacial score (nSPS) is 14.2. The van der Waals surface area contributed by atoms with Crippen LogP contribution >= 0.6 is 0 Å². The zero-order chi connectivity index (χ0) is 16.5. The lowest BCUT2D eigenvalue weighted by atomic mass is 10.2. The average Bonchev–Trinajstić information content (AvgIpc) is 2.75. The minimum Gasteiger partial charge on any atom is -0.350 e. The maximum absolute atomic E-state index is 11.1. The lowest BCUT2D eigenvalue weighted by Gasteiger charge is -2.07. The standard InChI is InChI=1S/C17H17N5O2/c23-22(24)16-11-18-8-7-13(16)19-12-5-6-15-14(10-12)20-17-4-2-1-3-9-21(15)17/h5-8,10-11H,1-4,9H2,(H,18,19). The first-order valence-electron chi connectivity index (χ1n) is 8.07. The number of hydrogen-bond donors (Lipinski definition) is 1. The van der Waals surface area contributed by atoms with Crippen LogP contribution in [0.25, 0.3) is 11.0 Å². The SMILES string of the molecule is O=[N+]([O-])c1cnccc1Nc1ccc2c(c1)nc1n2CCCCC1. The molecule has 3 aromatic rings. The van der Waals surface area contributed by atoms with Gasteiger partial charge in [-0.05, 0) is 37.1 Å². The number of benzene rings is 1. The summed E-state index contributed by atoms with van der Waals surface area (Å²) in [5.41, 5.74) is 3.22. The van der Waals surface area contributed by atoms with Gasteiger partial charge in [0.15, 0.2) is 0 Å². The number of nitrogens with one attached hydrogen (secondary N) is 1. The quantitative estimate of drug-likeness (QED) is 0.585. The Bertz CT molecular complexity index is 918. The van der Waals surface area contributed by atoms with Crippen LogP contribution in [-0.4, -0.2) is 19.5 Å². The van der Waals surface area contributed by atoms with E-state index in [-0.39, 0.29) is 5.69 Å². The van der Waals surface area contributed by atoms with Gasteiger partial charge in [0.25, 0.3) is 0 Å². The number of hydrogen-bond acceptors (Lipinski definition) is 5. The molecule has 4 rings (SSSR count). The number of nitrogens with zero attached hydrogens (tertiary/aromatic N) is 4. The van der Waals surface area contributed by atoms with Crippen LogP contribution in [-0.2, 0) is 13.0 Å². The first-order chi connectivity index (χ1) is 11.7. The molecule has 7 nitrogen and oxygen atoms in total. The van der Waals surface area contributed by atoms with E-state index in [4.69, 9.17) is 4.98 Å². The van der Waals surface area contributed by atoms with E-state index in [9.17, 15) is 10.1 Å². The predicted octanol–water partition coefficient (Wildman–Crippen LogP) is 3.81. The summed E-state index contributed by atoms with van der Waals surface area (Å²) in [6, 6.07) is 7.52. The van der Waals surface area contributed by atoms with Crippen LogP contribution in [0.4, 0.5) is 17.1 Å². The topological polar surface area (TPSA) is 85.9 Å². The summed E-state index contributed by atoms with van der Waals surface area (Å²) in [6.07, 6.45) is 7.40. The van der Waals surface area contributed by atoms with Crippen molar-refractivity contribution in [2.45, 2.75) is 32.2 Å². The third-order valence-electron chi connectivity index (χ3n) is 4.39. The maximum Gasteiger partial charge on any atom is 0.310 e. The van der Waals surface area contributed by atoms with Crippen LogP contribution in [0.15, 0.2) is 36.7 Å². The van der Waals surface area contributed by atoms with E-state index in [1.165, 1.54) is 31.7 Å². The minimum atomic E-state index is -0.438. The molecule has 7 heteroatoms. The molecule has 122 valence electrons. The van der Waals surface area contributed by atoms with Gasteiger partial charge in [-0.1, -0.05) is 6.42 Å². The highest BCUT2D eigenvalue weighted by Gasteiger charge is 2.16. The Hall–Kier alpha value is -2.96. The second-order valence-corrected chi connectivity index (χ2v) is 5.97. The van der Waals surface area contributed by atoms with Gasteiger partial charge < -0.3 is 9.88 Å². The number of anilines is 2. The van der Waals surface area contributed by atoms with Gasteiger partial charge in [-0.3, -0.25) is 15.1 Å². The molecule has 1 N–H and O–H groups in total. The summed E-state index contributed by atoms with van der Waals surface area (Å²) < 4.78 is 2.29. The van der Waals surface area contributed by atoms with E-state index in [2.05, 4.69) is 14.9 Å². The molecular weight excluding hydrogens is 306 g/mol. The number of rotatable bonds is 3. The smallest absolute Gasteiger partial charge is 0.310 e. The maximum atomic E-state index is 11.1. The van der Waals surface area contributed by atoms with Crippen molar-refractivity contribution in [1.29, 1.82) is 0 Å². The van der Waals surface area contributed by atoms with Crippen LogP contribution < -0.4 is 5.32 Å². The summed E-state index contributed by atoms with van der Waals surface area (Å²) >= 11 is 0. The van der Waals surface area contributed by atoms with Gasteiger partial charge in [-0.15, -0.1) is 0 Å². The first-order valence-corrected chi connectivity index (χ1v) is 8.07. The Kier molecular flexibility index (Phi) is 3.60. The molecule has 2 aromatic heterocycles. The monoisotopic (exact) mass is 323 g/mol. The van der Waals surface area contributed by atoms with E-state index in [0.29, 0.717) is 5.69 Å². The molecule has 0 fully saturated rings. The van der Waals surface area contributed by atoms with Crippen molar-refractivity contribution in [3.05, 3.63) is 52.6 Å². The Morgan fingerprint density at radius 3 is 3.00 bits per heavy atom. The average molecular weight is 323 g/mol. The Morgan fingerprint density at radius 2 is 2.12 bits per heavy atom. The molecule has 0 unspecified atom stereocenters. The Morgan fingerprint density at radius 1 is 1.21 bits per heavy atom. The zero-order valence-corrected chi connectivity index (χ0v) is 13.1. The number of aromatic nitrogens is 3. The fraction of sp³-hybridized carbons (Fsp3) is 0.294. The molecule has 0 saturated heterocycles. The molecule has 0 bridgehead atoms. The molecule has 24 heavy (non-hydrogen) atoms. The van der Waals surface area contributed by atoms with E-state index in [1.807, 2.05) is 18.2 Å². The third kappa shape index (κ3) is 2.58. The molecule has 0 amide bonds. The van der Waals surface area contributed by atoms with Gasteiger partial charge in [0.2, 0.25) is 0 Å². The van der Waals surface area contributed by atoms with Crippen molar-refractivity contribution < 1.29 is 4.92 Å². The van der Waals surface area contributed by atoms with E-state index < -0.39 is 4.92 Å². The van der Waals surface area contributed by atoms with Crippen molar-refractivity contribution in [3.63, 3.8) is 0 Å². The van der Waals surface area contributed by atoms with E-state index in [1.54, 1.807) is 6.07 Å². The third-order valence-corrected chi connectivity index (χ3v) is 4.39. The molecular formula is C17H17N5O2. The molecule has 1 aliphatic rings. The van der Waals surface area contributed by atoms with Gasteiger partial charge >= 0.3 is 5.69 Å². The van der Waals surface area contributed by atoms with Crippen LogP contribution in [0, 0.1) is 10.1 Å². The summed E-state index contributed by atoms with van der Waals surface area (Å²) in [7, 11) is 0. The van der Waals surface area contributed by atoms with Gasteiger partial charge in [0.1, 0.15) is 17.7 Å². The molecule has 0 spiro atoms. The molecule has 0 radical (unpaired) electrons. The highest BCUT2D eigenvalue weighted by Crippen LogP contribution is 2.29. The molecule has 0 aliphatic carbocycles. The second kappa shape index (κ2) is 5.92. The number of imidazole rings is 1. The minimum absolute atomic E-state index is 0.0433. The molecule has 1 aliphatic heterocycles. The number of aryl methyl sites for hydroxylation is 2. The summed E-state index contributed by atoms with van der Waals surface area (Å²) in [5, 5.41) is 14.2. The zero-order valence-electron chi connectivity index (χ0n) is 13.1. The number of nitro groups is 1. The van der Waals surface area contributed by atoms with Crippen LogP contribution in [0.3, 0.4) is 0 Å². The predicted molar refractivity (Wildman–Crippen MR) is 91.5 cm³/mol. The van der Waals surface area contributed by atoms with Crippen molar-refractivity contribution >= 4 is 28.1 Å². The van der Waals surface area contributed by atoms with Crippen molar-refractivity contribution in [2.24, 2.45) is 0 Å². The second-order valence-electron chi connectivity index (χ2n) is 5.97. The fourth-order valence-electron chi connectivity index (χ4n) is 3.22. The Balaban J connectivity index is 1.70. The fourth-order valence-corrected chi connectivity index (χ4v) is 3.22. The van der Waals surface area contributed by atoms with Crippen LogP contribution in [0.2, 0.25) is 0 Å². The largest absolute Gasteiger partial charge is 0.350 e. The number of pyridine rings is 1. The van der Waals surface area contributed by atoms with Gasteiger partial charge in [0, 0.05) is 24.8 Å². The molecule has 0 saturated carbocycles. The van der Waals surface area contributed by atoms with Crippen LogP contribution in [0.1, 0.15) is 25.1 Å². The van der Waals surface area contributed by atoms with Gasteiger partial charge in [-0.2, -0.15) is 0 Å². The first kappa shape index (κ1) is 14.6. The molecule has 0 atom stereocenters. The Labute approximate surface area is 138 Å². The lowest BCUT2D eigenvalue weighted by Crippen LogP contribution is -2.00. The van der Waals surface area contributed by atoms with E-state index in [0.717, 1.165) is 35.5 Å². The number of fused-ring (bicyclic) bond motifs is 3. The van der Waals surface area contributed by atoms with E-state index >= 15 is 0 Å². The van der Waals surface area contributed by atoms with Crippen molar-refractivity contribution in [1.82, 2.24) is 14.5 Å². The van der Waals surface area contributed by atoms with Gasteiger partial charge in [-0.25, -0.2) is 4.98 Å². The van der Waals surface area contributed by atoms with Crippen molar-refractivity contribution in [3.8, 4) is 0 Å².